The van der Waals surface area contributed by atoms with Crippen LogP contribution in [0.2, 0.25) is 0 Å². The van der Waals surface area contributed by atoms with Gasteiger partial charge >= 0.3 is 0 Å². The minimum Gasteiger partial charge on any atom is -0.389 e. The number of rotatable bonds is 2. The van der Waals surface area contributed by atoms with Crippen LogP contribution in [0, 0.1) is 0 Å². The van der Waals surface area contributed by atoms with Crippen molar-refractivity contribution < 1.29 is 9.84 Å². The Hall–Kier alpha value is -1.17. The van der Waals surface area contributed by atoms with Crippen molar-refractivity contribution in [2.24, 2.45) is 0 Å². The summed E-state index contributed by atoms with van der Waals surface area (Å²) in [5, 5.41) is 12.0. The van der Waals surface area contributed by atoms with E-state index in [4.69, 9.17) is 4.74 Å². The van der Waals surface area contributed by atoms with E-state index in [9.17, 15) is 5.11 Å². The van der Waals surface area contributed by atoms with Crippen molar-refractivity contribution >= 4 is 11.3 Å². The van der Waals surface area contributed by atoms with Crippen molar-refractivity contribution in [3.05, 3.63) is 29.9 Å². The van der Waals surface area contributed by atoms with Gasteiger partial charge in [-0.1, -0.05) is 6.07 Å². The van der Waals surface area contributed by atoms with Crippen LogP contribution in [0.25, 0.3) is 10.7 Å². The Bertz CT molecular complexity index is 480. The largest absolute Gasteiger partial charge is 0.389 e. The van der Waals surface area contributed by atoms with Gasteiger partial charge in [0, 0.05) is 19.0 Å². The minimum atomic E-state index is -0.448. The van der Waals surface area contributed by atoms with E-state index in [0.717, 1.165) is 17.1 Å². The quantitative estimate of drug-likeness (QED) is 0.886. The molecule has 2 atom stereocenters. The molecule has 3 rings (SSSR count). The molecule has 0 amide bonds. The zero-order valence-corrected chi connectivity index (χ0v) is 10.1. The van der Waals surface area contributed by atoms with E-state index in [1.165, 1.54) is 0 Å². The molecule has 1 N–H and O–H groups in total. The third-order valence-corrected chi connectivity index (χ3v) is 3.92. The van der Waals surface area contributed by atoms with Gasteiger partial charge < -0.3 is 14.4 Å². The second kappa shape index (κ2) is 4.60. The van der Waals surface area contributed by atoms with Crippen LogP contribution in [0.1, 0.15) is 12.5 Å². The van der Waals surface area contributed by atoms with Gasteiger partial charge in [0.15, 0.2) is 0 Å². The van der Waals surface area contributed by atoms with E-state index in [2.05, 4.69) is 15.6 Å². The molecule has 90 valence electrons. The van der Waals surface area contributed by atoms with E-state index in [0.29, 0.717) is 13.2 Å². The van der Waals surface area contributed by atoms with Crippen molar-refractivity contribution in [3.8, 4) is 10.7 Å². The molecular formula is C12H14N2O2S. The summed E-state index contributed by atoms with van der Waals surface area (Å²) in [5.41, 5.74) is 0. The topological polar surface area (TPSA) is 47.3 Å². The highest BCUT2D eigenvalue weighted by Crippen LogP contribution is 2.29. The fraction of sp³-hybridized carbons (Fsp3) is 0.417. The fourth-order valence-electron chi connectivity index (χ4n) is 2.21. The number of hydrogen-bond acceptors (Lipinski definition) is 4. The molecule has 0 aromatic carbocycles. The van der Waals surface area contributed by atoms with Crippen molar-refractivity contribution in [1.82, 2.24) is 9.55 Å². The first kappa shape index (κ1) is 11.0. The summed E-state index contributed by atoms with van der Waals surface area (Å²) in [7, 11) is 0. The van der Waals surface area contributed by atoms with Crippen LogP contribution in [-0.2, 0) is 4.74 Å². The van der Waals surface area contributed by atoms with Crippen LogP contribution in [-0.4, -0.2) is 34.0 Å². The number of aromatic nitrogens is 2. The van der Waals surface area contributed by atoms with Gasteiger partial charge in [-0.3, -0.25) is 0 Å². The molecule has 0 aliphatic carbocycles. The Morgan fingerprint density at radius 1 is 1.53 bits per heavy atom. The van der Waals surface area contributed by atoms with Gasteiger partial charge in [0.2, 0.25) is 0 Å². The highest BCUT2D eigenvalue weighted by Gasteiger charge is 2.27. The first-order chi connectivity index (χ1) is 8.36. The van der Waals surface area contributed by atoms with E-state index >= 15 is 0 Å². The standard InChI is InChI=1S/C12H14N2O2S/c15-10-8-16-6-3-9(10)14-5-4-13-12(14)11-2-1-7-17-11/h1-2,4-5,7,9-10,15H,3,6,8H2/t9-,10-/m0/s1. The molecular weight excluding hydrogens is 236 g/mol. The monoisotopic (exact) mass is 250 g/mol. The summed E-state index contributed by atoms with van der Waals surface area (Å²) in [5.74, 6) is 0.936. The lowest BCUT2D eigenvalue weighted by molar-refractivity contribution is -0.0381. The molecule has 1 fully saturated rings. The molecule has 1 saturated heterocycles. The van der Waals surface area contributed by atoms with Gasteiger partial charge in [-0.2, -0.15) is 0 Å². The molecule has 0 unspecified atom stereocenters. The summed E-state index contributed by atoms with van der Waals surface area (Å²) in [6.07, 6.45) is 4.11. The molecule has 1 aliphatic heterocycles. The van der Waals surface area contributed by atoms with Gasteiger partial charge in [-0.25, -0.2) is 4.98 Å². The van der Waals surface area contributed by atoms with Gasteiger partial charge in [-0.05, 0) is 17.9 Å². The van der Waals surface area contributed by atoms with Gasteiger partial charge in [-0.15, -0.1) is 11.3 Å². The number of imidazole rings is 1. The molecule has 2 aromatic rings. The summed E-state index contributed by atoms with van der Waals surface area (Å²) < 4.78 is 7.33. The zero-order chi connectivity index (χ0) is 11.7. The highest BCUT2D eigenvalue weighted by molar-refractivity contribution is 7.13. The lowest BCUT2D eigenvalue weighted by atomic mass is 10.1. The van der Waals surface area contributed by atoms with Crippen LogP contribution < -0.4 is 0 Å². The smallest absolute Gasteiger partial charge is 0.150 e. The predicted octanol–water partition coefficient (Wildman–Crippen LogP) is 1.93. The number of hydrogen-bond donors (Lipinski definition) is 1. The molecule has 3 heterocycles. The van der Waals surface area contributed by atoms with Crippen molar-refractivity contribution in [1.29, 1.82) is 0 Å². The van der Waals surface area contributed by atoms with Crippen LogP contribution in [0.3, 0.4) is 0 Å². The maximum Gasteiger partial charge on any atom is 0.150 e. The number of aliphatic hydroxyl groups excluding tert-OH is 1. The summed E-state index contributed by atoms with van der Waals surface area (Å²) in [6.45, 7) is 1.11. The van der Waals surface area contributed by atoms with E-state index in [-0.39, 0.29) is 6.04 Å². The van der Waals surface area contributed by atoms with Crippen molar-refractivity contribution in [2.75, 3.05) is 13.2 Å². The van der Waals surface area contributed by atoms with Crippen molar-refractivity contribution in [3.63, 3.8) is 0 Å². The molecule has 0 spiro atoms. The van der Waals surface area contributed by atoms with Gasteiger partial charge in [0.1, 0.15) is 5.82 Å². The highest BCUT2D eigenvalue weighted by atomic mass is 32.1. The molecule has 0 radical (unpaired) electrons. The van der Waals surface area contributed by atoms with E-state index < -0.39 is 6.10 Å². The lowest BCUT2D eigenvalue weighted by Gasteiger charge is -2.29. The maximum absolute atomic E-state index is 9.99. The first-order valence-electron chi connectivity index (χ1n) is 5.69. The number of ether oxygens (including phenoxy) is 1. The van der Waals surface area contributed by atoms with Crippen LogP contribution >= 0.6 is 11.3 Å². The summed E-state index contributed by atoms with van der Waals surface area (Å²) in [4.78, 5) is 5.52. The third-order valence-electron chi connectivity index (χ3n) is 3.06. The fourth-order valence-corrected chi connectivity index (χ4v) is 2.94. The second-order valence-electron chi connectivity index (χ2n) is 4.13. The summed E-state index contributed by atoms with van der Waals surface area (Å²) >= 11 is 1.66. The second-order valence-corrected chi connectivity index (χ2v) is 5.08. The van der Waals surface area contributed by atoms with Gasteiger partial charge in [0.25, 0.3) is 0 Å². The van der Waals surface area contributed by atoms with E-state index in [1.54, 1.807) is 17.5 Å². The van der Waals surface area contributed by atoms with Crippen LogP contribution in [0.4, 0.5) is 0 Å². The number of nitrogens with zero attached hydrogens (tertiary/aromatic N) is 2. The average molecular weight is 250 g/mol. The molecule has 1 aliphatic rings. The Labute approximate surface area is 103 Å². The number of thiophene rings is 1. The Kier molecular flexibility index (Phi) is 2.96. The Balaban J connectivity index is 1.95. The van der Waals surface area contributed by atoms with Crippen LogP contribution in [0.5, 0.6) is 0 Å². The normalized spacial score (nSPS) is 25.0. The maximum atomic E-state index is 9.99. The third kappa shape index (κ3) is 2.01. The minimum absolute atomic E-state index is 0.0725. The van der Waals surface area contributed by atoms with Crippen molar-refractivity contribution in [2.45, 2.75) is 18.6 Å². The Morgan fingerprint density at radius 3 is 3.24 bits per heavy atom. The lowest BCUT2D eigenvalue weighted by Crippen LogP contribution is -2.34. The molecule has 5 heteroatoms. The van der Waals surface area contributed by atoms with Crippen LogP contribution in [0.15, 0.2) is 29.9 Å². The summed E-state index contributed by atoms with van der Waals surface area (Å²) in [6, 6.07) is 4.14. The molecule has 0 bridgehead atoms. The van der Waals surface area contributed by atoms with Gasteiger partial charge in [0.05, 0.1) is 23.6 Å². The average Bonchev–Trinajstić information content (AvgIpc) is 3.00. The predicted molar refractivity (Wildman–Crippen MR) is 66.0 cm³/mol. The molecule has 0 saturated carbocycles. The SMILES string of the molecule is O[C@H]1COCC[C@@H]1n1ccnc1-c1cccs1. The Morgan fingerprint density at radius 2 is 2.47 bits per heavy atom. The van der Waals surface area contributed by atoms with E-state index in [1.807, 2.05) is 17.6 Å². The number of aliphatic hydroxyl groups is 1. The molecule has 17 heavy (non-hydrogen) atoms. The zero-order valence-electron chi connectivity index (χ0n) is 9.32. The first-order valence-corrected chi connectivity index (χ1v) is 6.57. The molecule has 2 aromatic heterocycles. The molecule has 4 nitrogen and oxygen atoms in total.